The molecule has 0 N–H and O–H groups in total. The van der Waals surface area contributed by atoms with E-state index in [2.05, 4.69) is 40.3 Å². The first kappa shape index (κ1) is 23.8. The number of hydrogen-bond donors (Lipinski definition) is 0. The number of carbonyl (C=O) groups excluding carboxylic acids is 1. The molecule has 2 aromatic carbocycles. The average molecular weight is 502 g/mol. The number of aryl methyl sites for hydroxylation is 1. The first-order valence-corrected chi connectivity index (χ1v) is 12.7. The Morgan fingerprint density at radius 3 is 2.50 bits per heavy atom. The van der Waals surface area contributed by atoms with Gasteiger partial charge in [-0.15, -0.1) is 0 Å². The highest BCUT2D eigenvalue weighted by Crippen LogP contribution is 2.54. The molecule has 2 aromatic heterocycles. The molecule has 3 atom stereocenters. The molecule has 188 valence electrons. The maximum absolute atomic E-state index is 13.1. The Morgan fingerprint density at radius 2 is 1.79 bits per heavy atom. The van der Waals surface area contributed by atoms with Gasteiger partial charge in [0.05, 0.1) is 29.5 Å². The number of ketones is 1. The fourth-order valence-electron chi connectivity index (χ4n) is 6.40. The molecule has 0 amide bonds. The molecule has 0 radical (unpaired) electrons. The number of benzene rings is 2. The van der Waals surface area contributed by atoms with Crippen LogP contribution in [-0.2, 0) is 23.7 Å². The SMILES string of the molecule is COc1ncc(-c2cccc(-c3c4c(nn3C)[C@@]3(c5ccccc5)C=C(C#N)C(=O)C(C)C3CC4)c2)cn1. The molecule has 6 rings (SSSR count). The number of allylic oxidation sites excluding steroid dienone is 2. The van der Waals surface area contributed by atoms with Gasteiger partial charge in [0.2, 0.25) is 0 Å². The third kappa shape index (κ3) is 3.48. The summed E-state index contributed by atoms with van der Waals surface area (Å²) in [5, 5.41) is 15.0. The number of carbonyl (C=O) groups is 1. The van der Waals surface area contributed by atoms with E-state index < -0.39 is 5.41 Å². The lowest BCUT2D eigenvalue weighted by molar-refractivity contribution is -0.121. The topological polar surface area (TPSA) is 93.7 Å². The number of Topliss-reactive ketones (excluding diaryl/α,β-unsaturated/α-hetero) is 1. The zero-order chi connectivity index (χ0) is 26.4. The van der Waals surface area contributed by atoms with E-state index in [0.717, 1.165) is 52.0 Å². The van der Waals surface area contributed by atoms with Crippen molar-refractivity contribution in [1.82, 2.24) is 19.7 Å². The molecule has 0 spiro atoms. The lowest BCUT2D eigenvalue weighted by Crippen LogP contribution is -2.48. The van der Waals surface area contributed by atoms with Gasteiger partial charge in [0.25, 0.3) is 0 Å². The summed E-state index contributed by atoms with van der Waals surface area (Å²) in [7, 11) is 3.52. The van der Waals surface area contributed by atoms with Crippen LogP contribution in [-0.4, -0.2) is 32.6 Å². The number of hydrogen-bond acceptors (Lipinski definition) is 6. The van der Waals surface area contributed by atoms with Crippen molar-refractivity contribution < 1.29 is 9.53 Å². The smallest absolute Gasteiger partial charge is 0.316 e. The predicted octanol–water partition coefficient (Wildman–Crippen LogP) is 5.07. The molecule has 2 heterocycles. The zero-order valence-electron chi connectivity index (χ0n) is 21.5. The molecule has 2 aliphatic carbocycles. The summed E-state index contributed by atoms with van der Waals surface area (Å²) in [4.78, 5) is 21.6. The molecule has 4 aromatic rings. The Labute approximate surface area is 221 Å². The number of fused-ring (bicyclic) bond motifs is 3. The van der Waals surface area contributed by atoms with E-state index in [-0.39, 0.29) is 23.2 Å². The minimum Gasteiger partial charge on any atom is -0.467 e. The molecule has 38 heavy (non-hydrogen) atoms. The second-order valence-electron chi connectivity index (χ2n) is 10.0. The quantitative estimate of drug-likeness (QED) is 0.388. The first-order valence-electron chi connectivity index (χ1n) is 12.7. The molecule has 2 aliphatic rings. The Morgan fingerprint density at radius 1 is 1.05 bits per heavy atom. The van der Waals surface area contributed by atoms with Crippen LogP contribution >= 0.6 is 0 Å². The fraction of sp³-hybridized carbons (Fsp3) is 0.258. The van der Waals surface area contributed by atoms with E-state index in [1.807, 2.05) is 55.1 Å². The number of aromatic nitrogens is 4. The third-order valence-electron chi connectivity index (χ3n) is 8.13. The number of nitrogens with zero attached hydrogens (tertiary/aromatic N) is 5. The van der Waals surface area contributed by atoms with Gasteiger partial charge in [-0.3, -0.25) is 9.48 Å². The Hall–Kier alpha value is -4.57. The fourth-order valence-corrected chi connectivity index (χ4v) is 6.40. The van der Waals surface area contributed by atoms with Crippen LogP contribution in [0.4, 0.5) is 0 Å². The van der Waals surface area contributed by atoms with Crippen molar-refractivity contribution in [1.29, 1.82) is 5.26 Å². The van der Waals surface area contributed by atoms with Crippen molar-refractivity contribution in [3.63, 3.8) is 0 Å². The van der Waals surface area contributed by atoms with Crippen LogP contribution in [0.25, 0.3) is 22.4 Å². The minimum absolute atomic E-state index is 0.0209. The summed E-state index contributed by atoms with van der Waals surface area (Å²) in [6, 6.07) is 21.0. The largest absolute Gasteiger partial charge is 0.467 e. The molecule has 7 heteroatoms. The van der Waals surface area contributed by atoms with E-state index in [1.54, 1.807) is 19.5 Å². The van der Waals surface area contributed by atoms with Gasteiger partial charge in [-0.1, -0.05) is 55.5 Å². The van der Waals surface area contributed by atoms with Crippen molar-refractivity contribution >= 4 is 5.78 Å². The zero-order valence-corrected chi connectivity index (χ0v) is 21.5. The van der Waals surface area contributed by atoms with Crippen LogP contribution < -0.4 is 4.74 Å². The van der Waals surface area contributed by atoms with Crippen molar-refractivity contribution in [2.24, 2.45) is 18.9 Å². The number of nitriles is 1. The summed E-state index contributed by atoms with van der Waals surface area (Å²) in [5.41, 5.74) is 6.70. The van der Waals surface area contributed by atoms with Gasteiger partial charge < -0.3 is 4.74 Å². The summed E-state index contributed by atoms with van der Waals surface area (Å²) in [6.07, 6.45) is 7.05. The minimum atomic E-state index is -0.648. The molecule has 0 saturated carbocycles. The number of rotatable bonds is 4. The predicted molar refractivity (Wildman–Crippen MR) is 143 cm³/mol. The van der Waals surface area contributed by atoms with E-state index in [4.69, 9.17) is 9.84 Å². The maximum Gasteiger partial charge on any atom is 0.316 e. The lowest BCUT2D eigenvalue weighted by atomic mass is 9.54. The van der Waals surface area contributed by atoms with Gasteiger partial charge in [0.1, 0.15) is 6.07 Å². The Kier molecular flexibility index (Phi) is 5.68. The van der Waals surface area contributed by atoms with Gasteiger partial charge in [-0.25, -0.2) is 9.97 Å². The van der Waals surface area contributed by atoms with Gasteiger partial charge in [-0.2, -0.15) is 10.4 Å². The second-order valence-corrected chi connectivity index (χ2v) is 10.0. The average Bonchev–Trinajstić information content (AvgIpc) is 3.32. The van der Waals surface area contributed by atoms with Gasteiger partial charge >= 0.3 is 6.01 Å². The van der Waals surface area contributed by atoms with Crippen molar-refractivity contribution in [2.75, 3.05) is 7.11 Å². The number of ether oxygens (including phenoxy) is 1. The van der Waals surface area contributed by atoms with E-state index >= 15 is 0 Å². The third-order valence-corrected chi connectivity index (χ3v) is 8.13. The molecule has 0 aliphatic heterocycles. The Balaban J connectivity index is 1.55. The molecule has 2 unspecified atom stereocenters. The highest BCUT2D eigenvalue weighted by Gasteiger charge is 2.54. The molecule has 0 saturated heterocycles. The molecular formula is C31H27N5O2. The molecule has 0 bridgehead atoms. The summed E-state index contributed by atoms with van der Waals surface area (Å²) < 4.78 is 7.05. The Bertz CT molecular complexity index is 1610. The lowest BCUT2D eigenvalue weighted by Gasteiger charge is -2.47. The van der Waals surface area contributed by atoms with Crippen LogP contribution in [0.15, 0.2) is 78.6 Å². The number of methoxy groups -OCH3 is 1. The summed E-state index contributed by atoms with van der Waals surface area (Å²) in [6.45, 7) is 1.96. The van der Waals surface area contributed by atoms with Crippen LogP contribution in [0, 0.1) is 23.2 Å². The van der Waals surface area contributed by atoms with Crippen LogP contribution in [0.5, 0.6) is 6.01 Å². The normalized spacial score (nSPS) is 22.2. The van der Waals surface area contributed by atoms with Crippen molar-refractivity contribution in [3.8, 4) is 34.5 Å². The second kappa shape index (κ2) is 9.07. The van der Waals surface area contributed by atoms with Gasteiger partial charge in [0, 0.05) is 42.0 Å². The standard InChI is InChI=1S/C31H27N5O2/c1-19-26-13-12-25-27(21-9-7-8-20(14-21)23-17-33-30(38-3)34-18-23)36(2)35-29(25)31(26,15-22(16-32)28(19)37)24-10-5-4-6-11-24/h4-11,14-15,17-19,26H,12-13H2,1-3H3/t19?,26?,31-/m1/s1. The summed E-state index contributed by atoms with van der Waals surface area (Å²) in [5.74, 6) is -0.322. The monoisotopic (exact) mass is 501 g/mol. The highest BCUT2D eigenvalue weighted by atomic mass is 16.5. The van der Waals surface area contributed by atoms with Crippen molar-refractivity contribution in [2.45, 2.75) is 25.2 Å². The van der Waals surface area contributed by atoms with Crippen LogP contribution in [0.3, 0.4) is 0 Å². The van der Waals surface area contributed by atoms with Gasteiger partial charge in [0.15, 0.2) is 5.78 Å². The maximum atomic E-state index is 13.1. The first-order chi connectivity index (χ1) is 18.5. The molecule has 0 fully saturated rings. The van der Waals surface area contributed by atoms with E-state index in [1.165, 1.54) is 0 Å². The van der Waals surface area contributed by atoms with Crippen LogP contribution in [0.2, 0.25) is 0 Å². The van der Waals surface area contributed by atoms with Gasteiger partial charge in [-0.05, 0) is 42.0 Å². The summed E-state index contributed by atoms with van der Waals surface area (Å²) >= 11 is 0. The molecule has 7 nitrogen and oxygen atoms in total. The highest BCUT2D eigenvalue weighted by molar-refractivity contribution is 6.02. The van der Waals surface area contributed by atoms with E-state index in [9.17, 15) is 10.1 Å². The van der Waals surface area contributed by atoms with E-state index in [0.29, 0.717) is 6.01 Å². The molecular weight excluding hydrogens is 474 g/mol. The van der Waals surface area contributed by atoms with Crippen molar-refractivity contribution in [3.05, 3.63) is 95.5 Å². The van der Waals surface area contributed by atoms with Crippen LogP contribution in [0.1, 0.15) is 30.2 Å².